The molecular weight excluding hydrogens is 230 g/mol. The molecule has 1 atom stereocenters. The van der Waals surface area contributed by atoms with Crippen molar-refractivity contribution in [3.8, 4) is 0 Å². The Balaban J connectivity index is 1.69. The van der Waals surface area contributed by atoms with Crippen LogP contribution in [0.2, 0.25) is 0 Å². The molecule has 3 nitrogen and oxygen atoms in total. The van der Waals surface area contributed by atoms with Crippen molar-refractivity contribution < 1.29 is 0 Å². The van der Waals surface area contributed by atoms with Crippen LogP contribution in [0.3, 0.4) is 0 Å². The molecule has 1 fully saturated rings. The van der Waals surface area contributed by atoms with E-state index in [2.05, 4.69) is 29.0 Å². The second kappa shape index (κ2) is 6.47. The van der Waals surface area contributed by atoms with Gasteiger partial charge < -0.3 is 10.2 Å². The first-order valence-electron chi connectivity index (χ1n) is 6.67. The monoisotopic (exact) mass is 253 g/mol. The van der Waals surface area contributed by atoms with Gasteiger partial charge in [-0.15, -0.1) is 11.3 Å². The van der Waals surface area contributed by atoms with Crippen LogP contribution in [0.25, 0.3) is 0 Å². The molecule has 1 aliphatic rings. The normalized spacial score (nSPS) is 18.7. The second-order valence-corrected chi connectivity index (χ2v) is 6.06. The van der Waals surface area contributed by atoms with Crippen molar-refractivity contribution in [2.24, 2.45) is 0 Å². The molecular formula is C13H23N3S. The van der Waals surface area contributed by atoms with Gasteiger partial charge in [-0.1, -0.05) is 6.92 Å². The molecule has 0 saturated carbocycles. The molecule has 0 aromatic carbocycles. The first-order chi connectivity index (χ1) is 8.28. The molecule has 2 heterocycles. The van der Waals surface area contributed by atoms with E-state index in [9.17, 15) is 0 Å². The summed E-state index contributed by atoms with van der Waals surface area (Å²) in [5.41, 5.74) is 0. The third-order valence-electron chi connectivity index (χ3n) is 3.26. The molecule has 17 heavy (non-hydrogen) atoms. The highest BCUT2D eigenvalue weighted by Crippen LogP contribution is 2.13. The highest BCUT2D eigenvalue weighted by atomic mass is 32.1. The van der Waals surface area contributed by atoms with Crippen LogP contribution in [0.4, 0.5) is 0 Å². The smallest absolute Gasteiger partial charge is 0.0925 e. The van der Waals surface area contributed by atoms with Gasteiger partial charge in [-0.3, -0.25) is 0 Å². The Labute approximate surface area is 108 Å². The van der Waals surface area contributed by atoms with E-state index in [0.29, 0.717) is 6.04 Å². The summed E-state index contributed by atoms with van der Waals surface area (Å²) in [6, 6.07) is 0.570. The Morgan fingerprint density at radius 1 is 1.47 bits per heavy atom. The van der Waals surface area contributed by atoms with E-state index in [-0.39, 0.29) is 0 Å². The number of nitrogens with zero attached hydrogens (tertiary/aromatic N) is 2. The van der Waals surface area contributed by atoms with Crippen molar-refractivity contribution in [3.63, 3.8) is 0 Å². The molecule has 1 aromatic rings. The number of rotatable bonds is 6. The Morgan fingerprint density at radius 2 is 2.24 bits per heavy atom. The lowest BCUT2D eigenvalue weighted by Gasteiger charge is -2.20. The summed E-state index contributed by atoms with van der Waals surface area (Å²) in [5.74, 6) is 0. The summed E-state index contributed by atoms with van der Waals surface area (Å²) in [6.07, 6.45) is 5.82. The standard InChI is InChI=1S/C13H23N3S/c1-3-13-15-9-12(17-13)8-14-11(2)10-16-6-4-5-7-16/h9,11,14H,3-8,10H2,1-2H3. The first kappa shape index (κ1) is 13.0. The average molecular weight is 253 g/mol. The second-order valence-electron chi connectivity index (χ2n) is 4.86. The van der Waals surface area contributed by atoms with E-state index >= 15 is 0 Å². The number of hydrogen-bond donors (Lipinski definition) is 1. The maximum absolute atomic E-state index is 4.38. The van der Waals surface area contributed by atoms with Gasteiger partial charge in [0.15, 0.2) is 0 Å². The van der Waals surface area contributed by atoms with Gasteiger partial charge in [0.25, 0.3) is 0 Å². The molecule has 0 spiro atoms. The van der Waals surface area contributed by atoms with Crippen molar-refractivity contribution in [1.82, 2.24) is 15.2 Å². The van der Waals surface area contributed by atoms with Gasteiger partial charge in [0.05, 0.1) is 5.01 Å². The van der Waals surface area contributed by atoms with Gasteiger partial charge in [0, 0.05) is 30.2 Å². The number of hydrogen-bond acceptors (Lipinski definition) is 4. The van der Waals surface area contributed by atoms with E-state index in [4.69, 9.17) is 0 Å². The van der Waals surface area contributed by atoms with E-state index in [1.807, 2.05) is 17.5 Å². The van der Waals surface area contributed by atoms with Gasteiger partial charge in [0.2, 0.25) is 0 Å². The fourth-order valence-corrected chi connectivity index (χ4v) is 3.10. The third kappa shape index (κ3) is 4.05. The molecule has 0 aliphatic carbocycles. The predicted molar refractivity (Wildman–Crippen MR) is 73.5 cm³/mol. The van der Waals surface area contributed by atoms with Crippen LogP contribution in [0.5, 0.6) is 0 Å². The molecule has 0 amide bonds. The zero-order valence-corrected chi connectivity index (χ0v) is 11.7. The maximum Gasteiger partial charge on any atom is 0.0925 e. The Hall–Kier alpha value is -0.450. The number of likely N-dealkylation sites (tertiary alicyclic amines) is 1. The average Bonchev–Trinajstić information content (AvgIpc) is 2.96. The lowest BCUT2D eigenvalue weighted by Crippen LogP contribution is -2.37. The van der Waals surface area contributed by atoms with Gasteiger partial charge in [-0.05, 0) is 39.3 Å². The summed E-state index contributed by atoms with van der Waals surface area (Å²) >= 11 is 1.83. The van der Waals surface area contributed by atoms with Crippen LogP contribution in [0.1, 0.15) is 36.6 Å². The molecule has 4 heteroatoms. The first-order valence-corrected chi connectivity index (χ1v) is 7.49. The summed E-state index contributed by atoms with van der Waals surface area (Å²) < 4.78 is 0. The van der Waals surface area contributed by atoms with Crippen molar-refractivity contribution >= 4 is 11.3 Å². The zero-order valence-electron chi connectivity index (χ0n) is 10.9. The fourth-order valence-electron chi connectivity index (χ4n) is 2.29. The molecule has 96 valence electrons. The summed E-state index contributed by atoms with van der Waals surface area (Å²) in [7, 11) is 0. The van der Waals surface area contributed by atoms with Crippen LogP contribution >= 0.6 is 11.3 Å². The van der Waals surface area contributed by atoms with Gasteiger partial charge in [-0.2, -0.15) is 0 Å². The third-order valence-corrected chi connectivity index (χ3v) is 4.40. The lowest BCUT2D eigenvalue weighted by atomic mass is 10.3. The number of nitrogens with one attached hydrogen (secondary N) is 1. The molecule has 1 aliphatic heterocycles. The lowest BCUT2D eigenvalue weighted by molar-refractivity contribution is 0.298. The molecule has 0 radical (unpaired) electrons. The topological polar surface area (TPSA) is 28.2 Å². The van der Waals surface area contributed by atoms with E-state index in [1.54, 1.807) is 0 Å². The Kier molecular flexibility index (Phi) is 4.95. The van der Waals surface area contributed by atoms with E-state index in [1.165, 1.54) is 42.4 Å². The summed E-state index contributed by atoms with van der Waals surface area (Å²) in [5, 5.41) is 4.84. The summed E-state index contributed by atoms with van der Waals surface area (Å²) in [4.78, 5) is 8.30. The SMILES string of the molecule is CCc1ncc(CNC(C)CN2CCCC2)s1. The van der Waals surface area contributed by atoms with E-state index in [0.717, 1.165) is 13.0 Å². The zero-order chi connectivity index (χ0) is 12.1. The molecule has 1 aromatic heterocycles. The quantitative estimate of drug-likeness (QED) is 0.843. The maximum atomic E-state index is 4.38. The molecule has 1 saturated heterocycles. The minimum atomic E-state index is 0.570. The van der Waals surface area contributed by atoms with Crippen LogP contribution in [0.15, 0.2) is 6.20 Å². The van der Waals surface area contributed by atoms with Gasteiger partial charge >= 0.3 is 0 Å². The Bertz CT molecular complexity index is 331. The molecule has 1 N–H and O–H groups in total. The number of aromatic nitrogens is 1. The van der Waals surface area contributed by atoms with Gasteiger partial charge in [-0.25, -0.2) is 4.98 Å². The minimum absolute atomic E-state index is 0.570. The molecule has 1 unspecified atom stereocenters. The highest BCUT2D eigenvalue weighted by molar-refractivity contribution is 7.11. The van der Waals surface area contributed by atoms with Crippen molar-refractivity contribution in [3.05, 3.63) is 16.1 Å². The van der Waals surface area contributed by atoms with Crippen LogP contribution < -0.4 is 5.32 Å². The van der Waals surface area contributed by atoms with Crippen LogP contribution in [0, 0.1) is 0 Å². The van der Waals surface area contributed by atoms with Gasteiger partial charge in [0.1, 0.15) is 0 Å². The molecule has 0 bridgehead atoms. The van der Waals surface area contributed by atoms with Crippen LogP contribution in [-0.2, 0) is 13.0 Å². The largest absolute Gasteiger partial charge is 0.308 e. The minimum Gasteiger partial charge on any atom is -0.308 e. The van der Waals surface area contributed by atoms with Crippen molar-refractivity contribution in [1.29, 1.82) is 0 Å². The van der Waals surface area contributed by atoms with Crippen molar-refractivity contribution in [2.45, 2.75) is 45.7 Å². The highest BCUT2D eigenvalue weighted by Gasteiger charge is 2.14. The number of aryl methyl sites for hydroxylation is 1. The Morgan fingerprint density at radius 3 is 2.88 bits per heavy atom. The molecule has 2 rings (SSSR count). The van der Waals surface area contributed by atoms with E-state index < -0.39 is 0 Å². The van der Waals surface area contributed by atoms with Crippen LogP contribution in [-0.4, -0.2) is 35.6 Å². The van der Waals surface area contributed by atoms with Crippen molar-refractivity contribution in [2.75, 3.05) is 19.6 Å². The summed E-state index contributed by atoms with van der Waals surface area (Å²) in [6.45, 7) is 9.15. The fraction of sp³-hybridized carbons (Fsp3) is 0.769. The number of thiazole rings is 1. The predicted octanol–water partition coefficient (Wildman–Crippen LogP) is 2.28.